The third-order valence-electron chi connectivity index (χ3n) is 5.07. The molecule has 0 radical (unpaired) electrons. The van der Waals surface area contributed by atoms with Gasteiger partial charge in [-0.25, -0.2) is 12.8 Å². The van der Waals surface area contributed by atoms with Crippen LogP contribution in [0.5, 0.6) is 0 Å². The van der Waals surface area contributed by atoms with E-state index in [1.54, 1.807) is 17.0 Å². The maximum Gasteiger partial charge on any atom is 0.245 e. The summed E-state index contributed by atoms with van der Waals surface area (Å²) in [5, 5.41) is 0.0533. The molecule has 2 aromatic rings. The van der Waals surface area contributed by atoms with Crippen LogP contribution < -0.4 is 4.90 Å². The van der Waals surface area contributed by atoms with Crippen LogP contribution in [0.25, 0.3) is 0 Å². The number of carbonyl (C=O) groups excluding carboxylic acids is 1. The van der Waals surface area contributed by atoms with E-state index in [1.807, 2.05) is 24.3 Å². The molecular weight excluding hydrogens is 391 g/mol. The van der Waals surface area contributed by atoms with Crippen molar-refractivity contribution in [1.82, 2.24) is 4.31 Å². The maximum absolute atomic E-state index is 14.2. The molecule has 0 aliphatic carbocycles. The Bertz CT molecular complexity index is 998. The Morgan fingerprint density at radius 3 is 2.59 bits per heavy atom. The minimum Gasteiger partial charge on any atom is -0.310 e. The smallest absolute Gasteiger partial charge is 0.245 e. The number of sulfonamides is 1. The van der Waals surface area contributed by atoms with Crippen LogP contribution >= 0.6 is 11.6 Å². The highest BCUT2D eigenvalue weighted by Crippen LogP contribution is 2.35. The summed E-state index contributed by atoms with van der Waals surface area (Å²) < 4.78 is 41.3. The van der Waals surface area contributed by atoms with E-state index in [1.165, 1.54) is 12.1 Å². The van der Waals surface area contributed by atoms with E-state index in [0.717, 1.165) is 15.6 Å². The fraction of sp³-hybridized carbons (Fsp3) is 0.316. The molecule has 0 bridgehead atoms. The SMILES string of the molecule is O=C(C1CC(F)CN1S(=O)(=O)c1ccccc1Cl)N1CCc2ccccc21. The van der Waals surface area contributed by atoms with E-state index in [0.29, 0.717) is 13.0 Å². The summed E-state index contributed by atoms with van der Waals surface area (Å²) in [5.41, 5.74) is 1.79. The predicted molar refractivity (Wildman–Crippen MR) is 101 cm³/mol. The maximum atomic E-state index is 14.2. The van der Waals surface area contributed by atoms with Crippen LogP contribution in [-0.4, -0.2) is 43.9 Å². The normalized spacial score (nSPS) is 22.8. The molecule has 0 aromatic heterocycles. The lowest BCUT2D eigenvalue weighted by Crippen LogP contribution is -2.47. The number of hydrogen-bond donors (Lipinski definition) is 0. The van der Waals surface area contributed by atoms with Gasteiger partial charge in [-0.2, -0.15) is 4.31 Å². The Kier molecular flexibility index (Phi) is 4.70. The summed E-state index contributed by atoms with van der Waals surface area (Å²) in [5.74, 6) is -0.393. The molecule has 0 N–H and O–H groups in total. The van der Waals surface area contributed by atoms with Crippen molar-refractivity contribution in [2.45, 2.75) is 30.0 Å². The number of alkyl halides is 1. The van der Waals surface area contributed by atoms with Crippen molar-refractivity contribution in [2.75, 3.05) is 18.0 Å². The standard InChI is InChI=1S/C19H18ClFN2O3S/c20-15-6-2-4-8-18(15)27(25,26)23-12-14(21)11-17(23)19(24)22-10-9-13-5-1-3-7-16(13)22/h1-8,14,17H,9-12H2. The van der Waals surface area contributed by atoms with Gasteiger partial charge in [0.15, 0.2) is 0 Å². The van der Waals surface area contributed by atoms with Gasteiger partial charge in [-0.3, -0.25) is 4.79 Å². The van der Waals surface area contributed by atoms with Crippen molar-refractivity contribution in [2.24, 2.45) is 0 Å². The molecule has 0 spiro atoms. The highest BCUT2D eigenvalue weighted by molar-refractivity contribution is 7.89. The number of benzene rings is 2. The third kappa shape index (κ3) is 3.13. The predicted octanol–water partition coefficient (Wildman–Crippen LogP) is 3.03. The van der Waals surface area contributed by atoms with Gasteiger partial charge in [0.25, 0.3) is 0 Å². The lowest BCUT2D eigenvalue weighted by molar-refractivity contribution is -0.121. The number of anilines is 1. The molecule has 8 heteroatoms. The van der Waals surface area contributed by atoms with E-state index in [4.69, 9.17) is 11.6 Å². The lowest BCUT2D eigenvalue weighted by Gasteiger charge is -2.27. The molecule has 2 unspecified atom stereocenters. The second-order valence-electron chi connectivity index (χ2n) is 6.72. The summed E-state index contributed by atoms with van der Waals surface area (Å²) in [6.07, 6.45) is -0.847. The van der Waals surface area contributed by atoms with Gasteiger partial charge in [0, 0.05) is 25.2 Å². The average molecular weight is 409 g/mol. The Morgan fingerprint density at radius 2 is 1.81 bits per heavy atom. The van der Waals surface area contributed by atoms with Crippen LogP contribution in [0.1, 0.15) is 12.0 Å². The highest BCUT2D eigenvalue weighted by atomic mass is 35.5. The number of amides is 1. The Labute approximate surface area is 162 Å². The zero-order valence-electron chi connectivity index (χ0n) is 14.4. The zero-order chi connectivity index (χ0) is 19.2. The van der Waals surface area contributed by atoms with Gasteiger partial charge >= 0.3 is 0 Å². The van der Waals surface area contributed by atoms with Gasteiger partial charge in [-0.1, -0.05) is 41.9 Å². The number of nitrogens with zero attached hydrogens (tertiary/aromatic N) is 2. The van der Waals surface area contributed by atoms with Crippen molar-refractivity contribution in [3.05, 3.63) is 59.1 Å². The van der Waals surface area contributed by atoms with E-state index < -0.39 is 28.1 Å². The van der Waals surface area contributed by atoms with E-state index in [9.17, 15) is 17.6 Å². The molecule has 2 aromatic carbocycles. The summed E-state index contributed by atoms with van der Waals surface area (Å²) in [7, 11) is -4.09. The molecule has 0 saturated carbocycles. The summed E-state index contributed by atoms with van der Waals surface area (Å²) in [6.45, 7) is 0.116. The molecule has 4 rings (SSSR count). The fourth-order valence-corrected chi connectivity index (χ4v) is 5.89. The fourth-order valence-electron chi connectivity index (χ4n) is 3.77. The Hall–Kier alpha value is -1.96. The van der Waals surface area contributed by atoms with Gasteiger partial charge in [0.1, 0.15) is 17.1 Å². The van der Waals surface area contributed by atoms with E-state index in [-0.39, 0.29) is 22.9 Å². The molecule has 5 nitrogen and oxygen atoms in total. The molecule has 142 valence electrons. The number of carbonyl (C=O) groups is 1. The van der Waals surface area contributed by atoms with Crippen molar-refractivity contribution < 1.29 is 17.6 Å². The molecule has 2 atom stereocenters. The second-order valence-corrected chi connectivity index (χ2v) is 8.99. The molecule has 2 aliphatic heterocycles. The van der Waals surface area contributed by atoms with Gasteiger partial charge in [0.2, 0.25) is 15.9 Å². The van der Waals surface area contributed by atoms with Crippen LogP contribution in [-0.2, 0) is 21.2 Å². The molecule has 2 aliphatic rings. The van der Waals surface area contributed by atoms with Gasteiger partial charge in [0.05, 0.1) is 5.02 Å². The van der Waals surface area contributed by atoms with Gasteiger partial charge in [-0.05, 0) is 30.2 Å². The molecule has 27 heavy (non-hydrogen) atoms. The van der Waals surface area contributed by atoms with Crippen LogP contribution in [0.2, 0.25) is 5.02 Å². The first-order chi connectivity index (χ1) is 12.9. The Morgan fingerprint density at radius 1 is 1.11 bits per heavy atom. The minimum absolute atomic E-state index is 0.0533. The molecular formula is C19H18ClFN2O3S. The van der Waals surface area contributed by atoms with Crippen LogP contribution in [0.3, 0.4) is 0 Å². The van der Waals surface area contributed by atoms with Crippen LogP contribution in [0.15, 0.2) is 53.4 Å². The van der Waals surface area contributed by atoms with Crippen molar-refractivity contribution in [3.63, 3.8) is 0 Å². The summed E-state index contributed by atoms with van der Waals surface area (Å²) >= 11 is 6.05. The monoisotopic (exact) mass is 408 g/mol. The second kappa shape index (κ2) is 6.89. The molecule has 2 heterocycles. The largest absolute Gasteiger partial charge is 0.310 e. The first kappa shape index (κ1) is 18.4. The highest BCUT2D eigenvalue weighted by Gasteiger charge is 2.46. The van der Waals surface area contributed by atoms with Crippen LogP contribution in [0.4, 0.5) is 10.1 Å². The summed E-state index contributed by atoms with van der Waals surface area (Å²) in [6, 6.07) is 12.4. The average Bonchev–Trinajstić information content (AvgIpc) is 3.25. The number of fused-ring (bicyclic) bond motifs is 1. The topological polar surface area (TPSA) is 57.7 Å². The summed E-state index contributed by atoms with van der Waals surface area (Å²) in [4.78, 5) is 14.6. The van der Waals surface area contributed by atoms with Crippen molar-refractivity contribution in [1.29, 1.82) is 0 Å². The third-order valence-corrected chi connectivity index (χ3v) is 7.44. The number of hydrogen-bond acceptors (Lipinski definition) is 3. The van der Waals surface area contributed by atoms with Crippen molar-refractivity contribution >= 4 is 33.2 Å². The van der Waals surface area contributed by atoms with Gasteiger partial charge < -0.3 is 4.90 Å². The lowest BCUT2D eigenvalue weighted by atomic mass is 10.1. The van der Waals surface area contributed by atoms with Crippen molar-refractivity contribution in [3.8, 4) is 0 Å². The number of halogens is 2. The molecule has 1 amide bonds. The number of rotatable bonds is 3. The van der Waals surface area contributed by atoms with Gasteiger partial charge in [-0.15, -0.1) is 0 Å². The van der Waals surface area contributed by atoms with Crippen LogP contribution in [0, 0.1) is 0 Å². The Balaban J connectivity index is 1.68. The number of para-hydroxylation sites is 1. The molecule has 1 fully saturated rings. The first-order valence-electron chi connectivity index (χ1n) is 8.69. The molecule has 1 saturated heterocycles. The quantitative estimate of drug-likeness (QED) is 0.784. The van der Waals surface area contributed by atoms with E-state index >= 15 is 0 Å². The zero-order valence-corrected chi connectivity index (χ0v) is 16.0. The van der Waals surface area contributed by atoms with E-state index in [2.05, 4.69) is 0 Å². The minimum atomic E-state index is -4.09. The first-order valence-corrected chi connectivity index (χ1v) is 10.5.